The van der Waals surface area contributed by atoms with Crippen molar-refractivity contribution in [1.29, 1.82) is 0 Å². The van der Waals surface area contributed by atoms with Crippen LogP contribution < -0.4 is 0 Å². The van der Waals surface area contributed by atoms with E-state index in [1.54, 1.807) is 23.9 Å². The summed E-state index contributed by atoms with van der Waals surface area (Å²) in [7, 11) is 0. The number of hydrogen-bond acceptors (Lipinski definition) is 3. The monoisotopic (exact) mass is 254 g/mol. The summed E-state index contributed by atoms with van der Waals surface area (Å²) >= 11 is 1.65. The number of rotatable bonds is 4. The summed E-state index contributed by atoms with van der Waals surface area (Å²) in [6.07, 6.45) is 2.00. The predicted molar refractivity (Wildman–Crippen MR) is 67.0 cm³/mol. The lowest BCUT2D eigenvalue weighted by molar-refractivity contribution is 0.0988. The number of hydrogen-bond donors (Lipinski definition) is 0. The van der Waals surface area contributed by atoms with Crippen LogP contribution in [0.5, 0.6) is 0 Å². The van der Waals surface area contributed by atoms with Gasteiger partial charge in [0.1, 0.15) is 5.82 Å². The minimum Gasteiger partial charge on any atom is -0.381 e. The van der Waals surface area contributed by atoms with Crippen molar-refractivity contribution >= 4 is 17.5 Å². The van der Waals surface area contributed by atoms with E-state index < -0.39 is 0 Å². The highest BCUT2D eigenvalue weighted by molar-refractivity contribution is 8.00. The maximum absolute atomic E-state index is 12.9. The van der Waals surface area contributed by atoms with E-state index in [9.17, 15) is 9.18 Å². The van der Waals surface area contributed by atoms with Crippen molar-refractivity contribution in [3.63, 3.8) is 0 Å². The summed E-state index contributed by atoms with van der Waals surface area (Å²) < 4.78 is 18.2. The summed E-state index contributed by atoms with van der Waals surface area (Å²) in [6, 6.07) is 5.88. The van der Waals surface area contributed by atoms with Gasteiger partial charge in [-0.25, -0.2) is 4.39 Å². The minimum atomic E-state index is -0.355. The molecule has 0 unspecified atom stereocenters. The first kappa shape index (κ1) is 12.6. The zero-order chi connectivity index (χ0) is 12.1. The molecular weight excluding hydrogens is 239 g/mol. The standard InChI is InChI=1S/C13H15FO2S/c14-11-3-1-2-10(8-11)13(15)9-17-12-4-6-16-7-5-12/h1-3,8,12H,4-7,9H2. The van der Waals surface area contributed by atoms with Gasteiger partial charge in [-0.15, -0.1) is 0 Å². The van der Waals surface area contributed by atoms with Crippen LogP contribution in [0.2, 0.25) is 0 Å². The van der Waals surface area contributed by atoms with Crippen LogP contribution in [0.25, 0.3) is 0 Å². The van der Waals surface area contributed by atoms with E-state index in [-0.39, 0.29) is 11.6 Å². The molecule has 2 nitrogen and oxygen atoms in total. The van der Waals surface area contributed by atoms with Gasteiger partial charge >= 0.3 is 0 Å². The summed E-state index contributed by atoms with van der Waals surface area (Å²) in [6.45, 7) is 1.57. The molecule has 0 bridgehead atoms. The SMILES string of the molecule is O=C(CSC1CCOCC1)c1cccc(F)c1. The molecule has 1 fully saturated rings. The Labute approximate surface area is 105 Å². The number of thioether (sulfide) groups is 1. The van der Waals surface area contributed by atoms with Gasteiger partial charge < -0.3 is 4.74 Å². The Kier molecular flexibility index (Phi) is 4.57. The molecule has 1 aromatic carbocycles. The van der Waals surface area contributed by atoms with Gasteiger partial charge in [-0.2, -0.15) is 11.8 Å². The molecule has 2 rings (SSSR count). The number of Topliss-reactive ketones (excluding diaryl/α,β-unsaturated/α-hetero) is 1. The smallest absolute Gasteiger partial charge is 0.172 e. The lowest BCUT2D eigenvalue weighted by Crippen LogP contribution is -2.19. The second-order valence-corrected chi connectivity index (χ2v) is 5.34. The van der Waals surface area contributed by atoms with Crippen molar-refractivity contribution in [2.45, 2.75) is 18.1 Å². The van der Waals surface area contributed by atoms with Crippen LogP contribution in [0.3, 0.4) is 0 Å². The van der Waals surface area contributed by atoms with Gasteiger partial charge in [-0.3, -0.25) is 4.79 Å². The summed E-state index contributed by atoms with van der Waals surface area (Å²) in [4.78, 5) is 11.8. The van der Waals surface area contributed by atoms with Crippen LogP contribution in [0.15, 0.2) is 24.3 Å². The third-order valence-electron chi connectivity index (χ3n) is 2.77. The molecule has 0 saturated carbocycles. The van der Waals surface area contributed by atoms with Crippen molar-refractivity contribution in [2.24, 2.45) is 0 Å². The molecule has 1 saturated heterocycles. The van der Waals surface area contributed by atoms with Crippen molar-refractivity contribution < 1.29 is 13.9 Å². The molecule has 17 heavy (non-hydrogen) atoms. The van der Waals surface area contributed by atoms with E-state index in [1.165, 1.54) is 12.1 Å². The average molecular weight is 254 g/mol. The number of ketones is 1. The van der Waals surface area contributed by atoms with Crippen LogP contribution in [-0.2, 0) is 4.74 Å². The summed E-state index contributed by atoms with van der Waals surface area (Å²) in [5, 5.41) is 0.501. The van der Waals surface area contributed by atoms with Crippen molar-refractivity contribution in [3.05, 3.63) is 35.6 Å². The third-order valence-corrected chi connectivity index (χ3v) is 4.14. The molecule has 1 heterocycles. The quantitative estimate of drug-likeness (QED) is 0.773. The molecule has 0 N–H and O–H groups in total. The third kappa shape index (κ3) is 3.82. The van der Waals surface area contributed by atoms with Crippen LogP contribution in [0, 0.1) is 5.82 Å². The fourth-order valence-corrected chi connectivity index (χ4v) is 2.86. The van der Waals surface area contributed by atoms with Crippen molar-refractivity contribution in [3.8, 4) is 0 Å². The summed E-state index contributed by atoms with van der Waals surface area (Å²) in [5.41, 5.74) is 0.463. The highest BCUT2D eigenvalue weighted by Crippen LogP contribution is 2.22. The highest BCUT2D eigenvalue weighted by atomic mass is 32.2. The van der Waals surface area contributed by atoms with E-state index in [0.29, 0.717) is 16.6 Å². The largest absolute Gasteiger partial charge is 0.381 e. The van der Waals surface area contributed by atoms with Gasteiger partial charge in [-0.1, -0.05) is 12.1 Å². The van der Waals surface area contributed by atoms with E-state index in [2.05, 4.69) is 0 Å². The lowest BCUT2D eigenvalue weighted by Gasteiger charge is -2.21. The number of benzene rings is 1. The molecular formula is C13H15FO2S. The first-order valence-corrected chi connectivity index (χ1v) is 6.79. The molecule has 0 atom stereocenters. The van der Waals surface area contributed by atoms with Crippen LogP contribution in [0.1, 0.15) is 23.2 Å². The average Bonchev–Trinajstić information content (AvgIpc) is 2.37. The van der Waals surface area contributed by atoms with E-state index >= 15 is 0 Å². The summed E-state index contributed by atoms with van der Waals surface area (Å²) in [5.74, 6) is 0.0709. The predicted octanol–water partition coefficient (Wildman–Crippen LogP) is 2.92. The van der Waals surface area contributed by atoms with Gasteiger partial charge in [0.25, 0.3) is 0 Å². The molecule has 1 aliphatic rings. The highest BCUT2D eigenvalue weighted by Gasteiger charge is 2.16. The number of halogens is 1. The molecule has 4 heteroatoms. The van der Waals surface area contributed by atoms with Crippen LogP contribution in [0.4, 0.5) is 4.39 Å². The Morgan fingerprint density at radius 1 is 1.41 bits per heavy atom. The Morgan fingerprint density at radius 3 is 2.88 bits per heavy atom. The molecule has 1 aliphatic heterocycles. The fraction of sp³-hybridized carbons (Fsp3) is 0.462. The Hall–Kier alpha value is -0.870. The minimum absolute atomic E-state index is 0.000918. The zero-order valence-corrected chi connectivity index (χ0v) is 10.3. The number of carbonyl (C=O) groups excluding carboxylic acids is 1. The Balaban J connectivity index is 1.84. The van der Waals surface area contributed by atoms with Gasteiger partial charge in [0.2, 0.25) is 0 Å². The first-order valence-electron chi connectivity index (χ1n) is 5.74. The molecule has 0 radical (unpaired) electrons. The van der Waals surface area contributed by atoms with Crippen LogP contribution in [-0.4, -0.2) is 30.0 Å². The van der Waals surface area contributed by atoms with Gasteiger partial charge in [0, 0.05) is 24.0 Å². The van der Waals surface area contributed by atoms with E-state index in [4.69, 9.17) is 4.74 Å². The maximum Gasteiger partial charge on any atom is 0.172 e. The number of ether oxygens (including phenoxy) is 1. The van der Waals surface area contributed by atoms with E-state index in [0.717, 1.165) is 26.1 Å². The van der Waals surface area contributed by atoms with Gasteiger partial charge in [0.05, 0.1) is 5.75 Å². The second kappa shape index (κ2) is 6.17. The molecule has 0 aromatic heterocycles. The molecule has 0 spiro atoms. The number of carbonyl (C=O) groups is 1. The fourth-order valence-electron chi connectivity index (χ4n) is 1.78. The normalized spacial score (nSPS) is 17.0. The topological polar surface area (TPSA) is 26.3 Å². The molecule has 1 aromatic rings. The molecule has 0 amide bonds. The molecule has 0 aliphatic carbocycles. The molecule has 92 valence electrons. The van der Waals surface area contributed by atoms with Gasteiger partial charge in [0.15, 0.2) is 5.78 Å². The van der Waals surface area contributed by atoms with E-state index in [1.807, 2.05) is 0 Å². The second-order valence-electron chi connectivity index (χ2n) is 4.06. The van der Waals surface area contributed by atoms with Crippen LogP contribution >= 0.6 is 11.8 Å². The van der Waals surface area contributed by atoms with Crippen molar-refractivity contribution in [1.82, 2.24) is 0 Å². The lowest BCUT2D eigenvalue weighted by atomic mass is 10.1. The maximum atomic E-state index is 12.9. The first-order chi connectivity index (χ1) is 8.25. The Morgan fingerprint density at radius 2 is 2.18 bits per heavy atom. The Bertz CT molecular complexity index is 389. The van der Waals surface area contributed by atoms with Crippen molar-refractivity contribution in [2.75, 3.05) is 19.0 Å². The zero-order valence-electron chi connectivity index (χ0n) is 9.52. The van der Waals surface area contributed by atoms with Gasteiger partial charge in [-0.05, 0) is 25.0 Å².